The van der Waals surface area contributed by atoms with Gasteiger partial charge in [0.15, 0.2) is 12.4 Å². The molecule has 0 fully saturated rings. The van der Waals surface area contributed by atoms with Crippen molar-refractivity contribution in [2.75, 3.05) is 11.9 Å². The molecular weight excluding hydrogens is 313 g/mol. The van der Waals surface area contributed by atoms with Gasteiger partial charge in [-0.2, -0.15) is 0 Å². The third kappa shape index (κ3) is 5.31. The molecule has 6 heteroatoms. The zero-order valence-corrected chi connectivity index (χ0v) is 13.0. The Kier molecular flexibility index (Phi) is 5.78. The molecular formula is C18H16FNO4. The van der Waals surface area contributed by atoms with Gasteiger partial charge >= 0.3 is 5.97 Å². The molecule has 0 saturated heterocycles. The van der Waals surface area contributed by atoms with Crippen LogP contribution in [-0.4, -0.2) is 24.3 Å². The number of rotatable bonds is 6. The second-order valence-corrected chi connectivity index (χ2v) is 5.15. The number of ether oxygens (including phenoxy) is 1. The van der Waals surface area contributed by atoms with Crippen LogP contribution in [0.4, 0.5) is 10.1 Å². The van der Waals surface area contributed by atoms with E-state index in [2.05, 4.69) is 5.32 Å². The number of hydrogen-bond donors (Lipinski definition) is 1. The van der Waals surface area contributed by atoms with E-state index in [0.29, 0.717) is 16.8 Å². The summed E-state index contributed by atoms with van der Waals surface area (Å²) in [6.45, 7) is 1.01. The van der Waals surface area contributed by atoms with Crippen molar-refractivity contribution in [1.29, 1.82) is 0 Å². The molecule has 0 heterocycles. The van der Waals surface area contributed by atoms with Crippen molar-refractivity contribution in [1.82, 2.24) is 0 Å². The van der Waals surface area contributed by atoms with E-state index >= 15 is 0 Å². The largest absolute Gasteiger partial charge is 0.455 e. The van der Waals surface area contributed by atoms with Crippen LogP contribution in [0.5, 0.6) is 0 Å². The average molecular weight is 329 g/mol. The second-order valence-electron chi connectivity index (χ2n) is 5.15. The minimum absolute atomic E-state index is 0.0702. The van der Waals surface area contributed by atoms with Crippen LogP contribution >= 0.6 is 0 Å². The Morgan fingerprint density at radius 2 is 1.79 bits per heavy atom. The summed E-state index contributed by atoms with van der Waals surface area (Å²) in [4.78, 5) is 34.5. The van der Waals surface area contributed by atoms with Crippen molar-refractivity contribution >= 4 is 23.3 Å². The van der Waals surface area contributed by atoms with Gasteiger partial charge < -0.3 is 10.1 Å². The number of halogens is 1. The van der Waals surface area contributed by atoms with Crippen LogP contribution in [0, 0.1) is 5.82 Å². The fourth-order valence-corrected chi connectivity index (χ4v) is 2.00. The zero-order chi connectivity index (χ0) is 17.5. The van der Waals surface area contributed by atoms with E-state index in [1.807, 2.05) is 0 Å². The van der Waals surface area contributed by atoms with E-state index in [9.17, 15) is 18.8 Å². The number of amides is 1. The van der Waals surface area contributed by atoms with Crippen molar-refractivity contribution in [2.24, 2.45) is 0 Å². The van der Waals surface area contributed by atoms with Crippen LogP contribution in [0.15, 0.2) is 48.5 Å². The molecule has 124 valence electrons. The Balaban J connectivity index is 1.80. The smallest absolute Gasteiger partial charge is 0.310 e. The first kappa shape index (κ1) is 17.3. The summed E-state index contributed by atoms with van der Waals surface area (Å²) in [5.41, 5.74) is 1.50. The van der Waals surface area contributed by atoms with Gasteiger partial charge in [0.25, 0.3) is 5.91 Å². The van der Waals surface area contributed by atoms with Gasteiger partial charge in [-0.3, -0.25) is 14.4 Å². The van der Waals surface area contributed by atoms with Crippen molar-refractivity contribution in [2.45, 2.75) is 13.3 Å². The van der Waals surface area contributed by atoms with Gasteiger partial charge in [0.1, 0.15) is 5.82 Å². The highest BCUT2D eigenvalue weighted by molar-refractivity contribution is 5.96. The summed E-state index contributed by atoms with van der Waals surface area (Å²) in [5, 5.41) is 2.55. The van der Waals surface area contributed by atoms with Gasteiger partial charge in [0, 0.05) is 11.3 Å². The number of Topliss-reactive ketones (excluding diaryl/α,β-unsaturated/α-hetero) is 1. The first-order valence-corrected chi connectivity index (χ1v) is 7.25. The Morgan fingerprint density at radius 1 is 1.08 bits per heavy atom. The number of esters is 1. The van der Waals surface area contributed by atoms with Crippen LogP contribution in [0.1, 0.15) is 22.8 Å². The van der Waals surface area contributed by atoms with Crippen molar-refractivity contribution < 1.29 is 23.5 Å². The number of nitrogens with one attached hydrogen (secondary N) is 1. The Morgan fingerprint density at radius 3 is 2.42 bits per heavy atom. The van der Waals surface area contributed by atoms with Crippen molar-refractivity contribution in [3.8, 4) is 0 Å². The third-order valence-corrected chi connectivity index (χ3v) is 3.18. The molecule has 2 rings (SSSR count). The Hall–Kier alpha value is -3.02. The zero-order valence-electron chi connectivity index (χ0n) is 13.0. The van der Waals surface area contributed by atoms with Gasteiger partial charge in [-0.25, -0.2) is 4.39 Å². The molecule has 0 atom stereocenters. The lowest BCUT2D eigenvalue weighted by atomic mass is 10.1. The SMILES string of the molecule is CC(=O)c1ccc(NC(=O)COC(=O)Cc2cccc(F)c2)cc1. The van der Waals surface area contributed by atoms with E-state index in [4.69, 9.17) is 4.74 Å². The summed E-state index contributed by atoms with van der Waals surface area (Å²) < 4.78 is 17.9. The van der Waals surface area contributed by atoms with E-state index in [1.54, 1.807) is 30.3 Å². The first-order chi connectivity index (χ1) is 11.4. The van der Waals surface area contributed by atoms with E-state index in [-0.39, 0.29) is 12.2 Å². The lowest BCUT2D eigenvalue weighted by molar-refractivity contribution is -0.146. The first-order valence-electron chi connectivity index (χ1n) is 7.25. The predicted octanol–water partition coefficient (Wildman–Crippen LogP) is 2.75. The van der Waals surface area contributed by atoms with E-state index < -0.39 is 24.3 Å². The molecule has 0 bridgehead atoms. The standard InChI is InChI=1S/C18H16FNO4/c1-12(21)14-5-7-16(8-6-14)20-17(22)11-24-18(23)10-13-3-2-4-15(19)9-13/h2-9H,10-11H2,1H3,(H,20,22). The maximum Gasteiger partial charge on any atom is 0.310 e. The lowest BCUT2D eigenvalue weighted by Gasteiger charge is -2.07. The Labute approximate surface area is 138 Å². The summed E-state index contributed by atoms with van der Waals surface area (Å²) in [5.74, 6) is -1.63. The predicted molar refractivity (Wildman–Crippen MR) is 86.1 cm³/mol. The molecule has 0 saturated carbocycles. The number of carbonyl (C=O) groups is 3. The van der Waals surface area contributed by atoms with Crippen molar-refractivity contribution in [3.63, 3.8) is 0 Å². The van der Waals surface area contributed by atoms with Crippen LogP contribution in [-0.2, 0) is 20.7 Å². The molecule has 2 aromatic carbocycles. The summed E-state index contributed by atoms with van der Waals surface area (Å²) in [6, 6.07) is 12.0. The molecule has 2 aromatic rings. The molecule has 0 spiro atoms. The summed E-state index contributed by atoms with van der Waals surface area (Å²) >= 11 is 0. The number of hydrogen-bond acceptors (Lipinski definition) is 4. The minimum atomic E-state index is -0.623. The van der Waals surface area contributed by atoms with Gasteiger partial charge in [-0.15, -0.1) is 0 Å². The average Bonchev–Trinajstić information content (AvgIpc) is 2.53. The molecule has 0 aliphatic rings. The van der Waals surface area contributed by atoms with Gasteiger partial charge in [0.2, 0.25) is 0 Å². The quantitative estimate of drug-likeness (QED) is 0.653. The summed E-state index contributed by atoms with van der Waals surface area (Å²) in [7, 11) is 0. The van der Waals surface area contributed by atoms with Crippen LogP contribution in [0.3, 0.4) is 0 Å². The fourth-order valence-electron chi connectivity index (χ4n) is 2.00. The van der Waals surface area contributed by atoms with Crippen LogP contribution in [0.25, 0.3) is 0 Å². The number of ketones is 1. The minimum Gasteiger partial charge on any atom is -0.455 e. The van der Waals surface area contributed by atoms with Gasteiger partial charge in [-0.1, -0.05) is 12.1 Å². The molecule has 1 amide bonds. The van der Waals surface area contributed by atoms with Crippen LogP contribution in [0.2, 0.25) is 0 Å². The maximum absolute atomic E-state index is 13.0. The molecule has 5 nitrogen and oxygen atoms in total. The topological polar surface area (TPSA) is 72.5 Å². The molecule has 1 N–H and O–H groups in total. The number of carbonyl (C=O) groups excluding carboxylic acids is 3. The molecule has 24 heavy (non-hydrogen) atoms. The molecule has 0 aromatic heterocycles. The van der Waals surface area contributed by atoms with E-state index in [1.165, 1.54) is 25.1 Å². The highest BCUT2D eigenvalue weighted by Crippen LogP contribution is 2.10. The fraction of sp³-hybridized carbons (Fsp3) is 0.167. The third-order valence-electron chi connectivity index (χ3n) is 3.18. The normalized spacial score (nSPS) is 10.1. The van der Waals surface area contributed by atoms with Gasteiger partial charge in [-0.05, 0) is 48.9 Å². The number of benzene rings is 2. The lowest BCUT2D eigenvalue weighted by Crippen LogP contribution is -2.21. The second kappa shape index (κ2) is 8.01. The van der Waals surface area contributed by atoms with E-state index in [0.717, 1.165) is 0 Å². The highest BCUT2D eigenvalue weighted by atomic mass is 19.1. The molecule has 0 aliphatic carbocycles. The van der Waals surface area contributed by atoms with Crippen LogP contribution < -0.4 is 5.32 Å². The Bertz CT molecular complexity index is 756. The summed E-state index contributed by atoms with van der Waals surface area (Å²) in [6.07, 6.45) is -0.113. The van der Waals surface area contributed by atoms with Crippen molar-refractivity contribution in [3.05, 3.63) is 65.5 Å². The maximum atomic E-state index is 13.0. The van der Waals surface area contributed by atoms with Gasteiger partial charge in [0.05, 0.1) is 6.42 Å². The molecule has 0 unspecified atom stereocenters. The monoisotopic (exact) mass is 329 g/mol. The molecule has 0 radical (unpaired) electrons. The highest BCUT2D eigenvalue weighted by Gasteiger charge is 2.09. The molecule has 0 aliphatic heterocycles. The number of anilines is 1.